The molecule has 2 rings (SSSR count). The lowest BCUT2D eigenvalue weighted by Gasteiger charge is -2.27. The molecule has 27 heavy (non-hydrogen) atoms. The van der Waals surface area contributed by atoms with Gasteiger partial charge in [-0.05, 0) is 37.2 Å². The van der Waals surface area contributed by atoms with Gasteiger partial charge >= 0.3 is 0 Å². The monoisotopic (exact) mass is 489 g/mol. The molecule has 0 amide bonds. The van der Waals surface area contributed by atoms with Gasteiger partial charge in [-0.15, -0.1) is 24.0 Å². The molecule has 0 atom stereocenters. The number of ether oxygens (including phenoxy) is 2. The summed E-state index contributed by atoms with van der Waals surface area (Å²) in [7, 11) is 3.95. The highest BCUT2D eigenvalue weighted by atomic mass is 127. The fourth-order valence-electron chi connectivity index (χ4n) is 3.12. The number of hydrogen-bond acceptors (Lipinski definition) is 3. The summed E-state index contributed by atoms with van der Waals surface area (Å²) in [5.41, 5.74) is 1.16. The summed E-state index contributed by atoms with van der Waals surface area (Å²) in [4.78, 5) is 6.65. The van der Waals surface area contributed by atoms with Crippen molar-refractivity contribution in [1.29, 1.82) is 0 Å². The van der Waals surface area contributed by atoms with Crippen LogP contribution >= 0.6 is 24.0 Å². The van der Waals surface area contributed by atoms with E-state index in [1.807, 2.05) is 19.2 Å². The average Bonchev–Trinajstić information content (AvgIpc) is 2.66. The van der Waals surface area contributed by atoms with Gasteiger partial charge < -0.3 is 19.7 Å². The predicted octanol–water partition coefficient (Wildman–Crippen LogP) is 4.16. The Hall–Kier alpha value is -1.02. The average molecular weight is 489 g/mol. The third-order valence-electron chi connectivity index (χ3n) is 4.77. The van der Waals surface area contributed by atoms with Crippen molar-refractivity contribution in [2.24, 2.45) is 16.8 Å². The lowest BCUT2D eigenvalue weighted by atomic mass is 9.96. The molecule has 1 aliphatic heterocycles. The van der Waals surface area contributed by atoms with Gasteiger partial charge in [0.1, 0.15) is 5.75 Å². The minimum Gasteiger partial charge on any atom is -0.493 e. The van der Waals surface area contributed by atoms with Crippen LogP contribution in [0.1, 0.15) is 38.7 Å². The Bertz CT molecular complexity index is 560. The third-order valence-corrected chi connectivity index (χ3v) is 4.77. The predicted molar refractivity (Wildman–Crippen MR) is 123 cm³/mol. The van der Waals surface area contributed by atoms with Gasteiger partial charge in [-0.2, -0.15) is 0 Å². The van der Waals surface area contributed by atoms with E-state index in [0.717, 1.165) is 49.6 Å². The van der Waals surface area contributed by atoms with E-state index in [4.69, 9.17) is 9.47 Å². The van der Waals surface area contributed by atoms with E-state index in [1.54, 1.807) is 0 Å². The molecule has 154 valence electrons. The van der Waals surface area contributed by atoms with Gasteiger partial charge in [0.2, 0.25) is 0 Å². The van der Waals surface area contributed by atoms with Crippen LogP contribution in [0.25, 0.3) is 0 Å². The molecule has 1 aromatic rings. The van der Waals surface area contributed by atoms with E-state index in [0.29, 0.717) is 12.5 Å². The zero-order chi connectivity index (χ0) is 18.8. The maximum atomic E-state index is 5.95. The minimum absolute atomic E-state index is 0. The SMILES string of the molecule is CN=C(NCc1ccccc1OCC(C)C)N(C)CCC1CCOCC1.I. The topological polar surface area (TPSA) is 46.1 Å². The summed E-state index contributed by atoms with van der Waals surface area (Å²) in [5, 5.41) is 3.47. The van der Waals surface area contributed by atoms with Gasteiger partial charge in [-0.3, -0.25) is 4.99 Å². The zero-order valence-corrected chi connectivity index (χ0v) is 19.6. The molecule has 1 fully saturated rings. The number of nitrogens with zero attached hydrogens (tertiary/aromatic N) is 2. The molecule has 1 aromatic carbocycles. The molecule has 0 aliphatic carbocycles. The Kier molecular flexibility index (Phi) is 11.7. The number of nitrogens with one attached hydrogen (secondary N) is 1. The molecule has 0 saturated carbocycles. The number of guanidine groups is 1. The first kappa shape index (κ1) is 24.0. The Morgan fingerprint density at radius 1 is 1.30 bits per heavy atom. The van der Waals surface area contributed by atoms with Crippen LogP contribution in [-0.2, 0) is 11.3 Å². The van der Waals surface area contributed by atoms with Gasteiger partial charge in [0.15, 0.2) is 5.96 Å². The number of benzene rings is 1. The van der Waals surface area contributed by atoms with E-state index in [9.17, 15) is 0 Å². The van der Waals surface area contributed by atoms with Crippen molar-refractivity contribution in [3.05, 3.63) is 29.8 Å². The highest BCUT2D eigenvalue weighted by Crippen LogP contribution is 2.20. The molecule has 0 spiro atoms. The molecule has 1 aliphatic rings. The molecule has 1 N–H and O–H groups in total. The van der Waals surface area contributed by atoms with Gasteiger partial charge in [-0.25, -0.2) is 0 Å². The van der Waals surface area contributed by atoms with E-state index in [-0.39, 0.29) is 24.0 Å². The molecule has 5 nitrogen and oxygen atoms in total. The first-order valence-corrected chi connectivity index (χ1v) is 9.80. The standard InChI is InChI=1S/C21H35N3O2.HI/c1-17(2)16-26-20-8-6-5-7-19(20)15-23-21(22-3)24(4)12-9-18-10-13-25-14-11-18;/h5-8,17-18H,9-16H2,1-4H3,(H,22,23);1H. The first-order chi connectivity index (χ1) is 12.6. The zero-order valence-electron chi connectivity index (χ0n) is 17.2. The fourth-order valence-corrected chi connectivity index (χ4v) is 3.12. The molecule has 0 radical (unpaired) electrons. The van der Waals surface area contributed by atoms with Crippen LogP contribution in [0.15, 0.2) is 29.3 Å². The smallest absolute Gasteiger partial charge is 0.193 e. The highest BCUT2D eigenvalue weighted by Gasteiger charge is 2.15. The van der Waals surface area contributed by atoms with E-state index >= 15 is 0 Å². The van der Waals surface area contributed by atoms with Crippen LogP contribution in [0.5, 0.6) is 5.75 Å². The Labute approximate surface area is 181 Å². The van der Waals surface area contributed by atoms with Crippen molar-refractivity contribution in [1.82, 2.24) is 10.2 Å². The molecule has 1 saturated heterocycles. The summed E-state index contributed by atoms with van der Waals surface area (Å²) < 4.78 is 11.4. The summed E-state index contributed by atoms with van der Waals surface area (Å²) in [6, 6.07) is 8.22. The Morgan fingerprint density at radius 3 is 2.67 bits per heavy atom. The molecule has 0 unspecified atom stereocenters. The summed E-state index contributed by atoms with van der Waals surface area (Å²) in [6.45, 7) is 8.60. The van der Waals surface area contributed by atoms with Crippen LogP contribution in [0, 0.1) is 11.8 Å². The van der Waals surface area contributed by atoms with E-state index in [1.165, 1.54) is 19.3 Å². The third kappa shape index (κ3) is 8.68. The maximum absolute atomic E-state index is 5.95. The van der Waals surface area contributed by atoms with Gasteiger partial charge in [-0.1, -0.05) is 32.0 Å². The number of hydrogen-bond donors (Lipinski definition) is 1. The second-order valence-corrected chi connectivity index (χ2v) is 7.48. The molecule has 0 aromatic heterocycles. The normalized spacial score (nSPS) is 15.4. The molecule has 6 heteroatoms. The van der Waals surface area contributed by atoms with Crippen molar-refractivity contribution >= 4 is 29.9 Å². The summed E-state index contributed by atoms with van der Waals surface area (Å²) in [6.07, 6.45) is 3.55. The van der Waals surface area contributed by atoms with Gasteiger partial charge in [0.25, 0.3) is 0 Å². The first-order valence-electron chi connectivity index (χ1n) is 9.80. The number of para-hydroxylation sites is 1. The number of rotatable bonds is 8. The van der Waals surface area contributed by atoms with Crippen LogP contribution < -0.4 is 10.1 Å². The van der Waals surface area contributed by atoms with Crippen LogP contribution in [0.2, 0.25) is 0 Å². The molecular formula is C21H36IN3O2. The second-order valence-electron chi connectivity index (χ2n) is 7.48. The van der Waals surface area contributed by atoms with Crippen molar-refractivity contribution in [3.63, 3.8) is 0 Å². The Balaban J connectivity index is 0.00000364. The largest absolute Gasteiger partial charge is 0.493 e. The van der Waals surface area contributed by atoms with Gasteiger partial charge in [0.05, 0.1) is 6.61 Å². The fraction of sp³-hybridized carbons (Fsp3) is 0.667. The van der Waals surface area contributed by atoms with Crippen molar-refractivity contribution < 1.29 is 9.47 Å². The van der Waals surface area contributed by atoms with Crippen LogP contribution in [0.3, 0.4) is 0 Å². The van der Waals surface area contributed by atoms with Crippen molar-refractivity contribution in [2.45, 2.75) is 39.7 Å². The highest BCUT2D eigenvalue weighted by molar-refractivity contribution is 14.0. The van der Waals surface area contributed by atoms with E-state index in [2.05, 4.69) is 48.2 Å². The number of halogens is 1. The molecule has 1 heterocycles. The van der Waals surface area contributed by atoms with Crippen LogP contribution in [-0.4, -0.2) is 51.3 Å². The molecular weight excluding hydrogens is 453 g/mol. The summed E-state index contributed by atoms with van der Waals surface area (Å²) in [5.74, 6) is 3.17. The lowest BCUT2D eigenvalue weighted by molar-refractivity contribution is 0.0625. The van der Waals surface area contributed by atoms with Crippen molar-refractivity contribution in [3.8, 4) is 5.75 Å². The molecule has 0 bridgehead atoms. The van der Waals surface area contributed by atoms with Crippen molar-refractivity contribution in [2.75, 3.05) is 40.5 Å². The second kappa shape index (κ2) is 13.2. The quantitative estimate of drug-likeness (QED) is 0.339. The van der Waals surface area contributed by atoms with E-state index < -0.39 is 0 Å². The number of aliphatic imine (C=N–C) groups is 1. The maximum Gasteiger partial charge on any atom is 0.193 e. The lowest BCUT2D eigenvalue weighted by Crippen LogP contribution is -2.39. The summed E-state index contributed by atoms with van der Waals surface area (Å²) >= 11 is 0. The Morgan fingerprint density at radius 2 is 2.00 bits per heavy atom. The van der Waals surface area contributed by atoms with Gasteiger partial charge in [0, 0.05) is 46.0 Å². The van der Waals surface area contributed by atoms with Crippen LogP contribution in [0.4, 0.5) is 0 Å². The minimum atomic E-state index is 0.